The van der Waals surface area contributed by atoms with Gasteiger partial charge in [0, 0.05) is 20.2 Å². The second kappa shape index (κ2) is 5.81. The van der Waals surface area contributed by atoms with E-state index < -0.39 is 0 Å². The first-order valence-electron chi connectivity index (χ1n) is 6.88. The number of nitrogen functional groups attached to an aromatic ring is 1. The summed E-state index contributed by atoms with van der Waals surface area (Å²) in [5, 5.41) is 1.16. The van der Waals surface area contributed by atoms with Crippen molar-refractivity contribution < 1.29 is 4.74 Å². The Morgan fingerprint density at radius 1 is 1.35 bits per heavy atom. The molecule has 0 bridgehead atoms. The average molecular weight is 289 g/mol. The van der Waals surface area contributed by atoms with E-state index in [0.29, 0.717) is 11.9 Å². The average Bonchev–Trinajstić information content (AvgIpc) is 2.90. The third kappa shape index (κ3) is 2.51. The first-order valence-corrected chi connectivity index (χ1v) is 7.65. The molecule has 1 fully saturated rings. The lowest BCUT2D eigenvalue weighted by Gasteiger charge is -2.33. The van der Waals surface area contributed by atoms with Crippen LogP contribution in [0.5, 0.6) is 0 Å². The lowest BCUT2D eigenvalue weighted by Crippen LogP contribution is -2.39. The SMILES string of the molecule is COC1CCCN(c2snc(N)c2-c2ccccc2)C1. The number of rotatable bonds is 3. The first-order chi connectivity index (χ1) is 9.79. The van der Waals surface area contributed by atoms with Crippen LogP contribution in [0.1, 0.15) is 12.8 Å². The summed E-state index contributed by atoms with van der Waals surface area (Å²) < 4.78 is 9.86. The fourth-order valence-corrected chi connectivity index (χ4v) is 3.57. The number of methoxy groups -OCH3 is 1. The van der Waals surface area contributed by atoms with Gasteiger partial charge in [-0.3, -0.25) is 0 Å². The molecule has 2 aromatic rings. The lowest BCUT2D eigenvalue weighted by molar-refractivity contribution is 0.0895. The molecule has 4 nitrogen and oxygen atoms in total. The molecule has 0 spiro atoms. The highest BCUT2D eigenvalue weighted by Crippen LogP contribution is 2.40. The molecule has 2 N–H and O–H groups in total. The summed E-state index contributed by atoms with van der Waals surface area (Å²) in [7, 11) is 1.79. The maximum atomic E-state index is 6.09. The molecule has 1 aromatic carbocycles. The van der Waals surface area contributed by atoms with Crippen molar-refractivity contribution in [2.75, 3.05) is 30.8 Å². The number of hydrogen-bond donors (Lipinski definition) is 1. The van der Waals surface area contributed by atoms with Gasteiger partial charge in [-0.05, 0) is 29.9 Å². The third-order valence-corrected chi connectivity index (χ3v) is 4.68. The van der Waals surface area contributed by atoms with E-state index in [0.717, 1.165) is 42.1 Å². The number of nitrogens with two attached hydrogens (primary N) is 1. The molecule has 106 valence electrons. The zero-order valence-electron chi connectivity index (χ0n) is 11.6. The molecule has 0 radical (unpaired) electrons. The summed E-state index contributed by atoms with van der Waals surface area (Å²) in [5.74, 6) is 0.621. The molecule has 1 saturated heterocycles. The molecule has 3 rings (SSSR count). The maximum absolute atomic E-state index is 6.09. The number of hydrogen-bond acceptors (Lipinski definition) is 5. The van der Waals surface area contributed by atoms with Crippen LogP contribution in [0.25, 0.3) is 11.1 Å². The van der Waals surface area contributed by atoms with Gasteiger partial charge in [0.1, 0.15) is 10.8 Å². The molecule has 20 heavy (non-hydrogen) atoms. The smallest absolute Gasteiger partial charge is 0.147 e. The van der Waals surface area contributed by atoms with Crippen LogP contribution >= 0.6 is 11.5 Å². The summed E-state index contributed by atoms with van der Waals surface area (Å²) >= 11 is 1.49. The Morgan fingerprint density at radius 3 is 2.90 bits per heavy atom. The molecule has 1 atom stereocenters. The lowest BCUT2D eigenvalue weighted by atomic mass is 10.1. The van der Waals surface area contributed by atoms with E-state index in [1.165, 1.54) is 11.5 Å². The minimum absolute atomic E-state index is 0.302. The predicted octanol–water partition coefficient (Wildman–Crippen LogP) is 3.01. The third-order valence-electron chi connectivity index (χ3n) is 3.76. The van der Waals surface area contributed by atoms with Crippen LogP contribution in [0.2, 0.25) is 0 Å². The first kappa shape index (κ1) is 13.4. The van der Waals surface area contributed by atoms with Gasteiger partial charge in [-0.25, -0.2) is 0 Å². The molecular formula is C15H19N3OS. The van der Waals surface area contributed by atoms with Crippen LogP contribution in [-0.2, 0) is 4.74 Å². The van der Waals surface area contributed by atoms with Crippen molar-refractivity contribution in [2.24, 2.45) is 0 Å². The molecule has 1 unspecified atom stereocenters. The fourth-order valence-electron chi connectivity index (χ4n) is 2.70. The second-order valence-corrected chi connectivity index (χ2v) is 5.81. The Hall–Kier alpha value is -1.59. The van der Waals surface area contributed by atoms with Gasteiger partial charge in [-0.2, -0.15) is 4.37 Å². The predicted molar refractivity (Wildman–Crippen MR) is 84.2 cm³/mol. The largest absolute Gasteiger partial charge is 0.382 e. The van der Waals surface area contributed by atoms with Gasteiger partial charge in [0.25, 0.3) is 0 Å². The van der Waals surface area contributed by atoms with Gasteiger partial charge in [0.15, 0.2) is 0 Å². The van der Waals surface area contributed by atoms with Gasteiger partial charge < -0.3 is 15.4 Å². The van der Waals surface area contributed by atoms with E-state index in [-0.39, 0.29) is 0 Å². The van der Waals surface area contributed by atoms with Gasteiger partial charge in [0.2, 0.25) is 0 Å². The monoisotopic (exact) mass is 289 g/mol. The topological polar surface area (TPSA) is 51.4 Å². The van der Waals surface area contributed by atoms with Gasteiger partial charge in [-0.1, -0.05) is 30.3 Å². The molecule has 1 aliphatic rings. The number of nitrogens with zero attached hydrogens (tertiary/aromatic N) is 2. The van der Waals surface area contributed by atoms with Crippen LogP contribution < -0.4 is 10.6 Å². The number of ether oxygens (including phenoxy) is 1. The van der Waals surface area contributed by atoms with Crippen molar-refractivity contribution in [3.8, 4) is 11.1 Å². The summed E-state index contributed by atoms with van der Waals surface area (Å²) in [5.41, 5.74) is 8.28. The molecule has 1 aromatic heterocycles. The Kier molecular flexibility index (Phi) is 3.89. The minimum Gasteiger partial charge on any atom is -0.382 e. The normalized spacial score (nSPS) is 19.2. The summed E-state index contributed by atoms with van der Waals surface area (Å²) in [6, 6.07) is 10.2. The summed E-state index contributed by atoms with van der Waals surface area (Å²) in [6.07, 6.45) is 2.57. The van der Waals surface area contributed by atoms with Crippen molar-refractivity contribution in [1.82, 2.24) is 4.37 Å². The quantitative estimate of drug-likeness (QED) is 0.943. The Balaban J connectivity index is 1.95. The van der Waals surface area contributed by atoms with Crippen LogP contribution in [0.3, 0.4) is 0 Å². The molecule has 1 aliphatic heterocycles. The number of aromatic nitrogens is 1. The van der Waals surface area contributed by atoms with Gasteiger partial charge >= 0.3 is 0 Å². The van der Waals surface area contributed by atoms with Crippen LogP contribution in [0.4, 0.5) is 10.8 Å². The Labute approximate surface area is 123 Å². The standard InChI is InChI=1S/C15H19N3OS/c1-19-12-8-5-9-18(10-12)15-13(14(16)17-20-15)11-6-3-2-4-7-11/h2-4,6-7,12H,5,8-10H2,1H3,(H2,16,17). The van der Waals surface area contributed by atoms with Crippen LogP contribution in [-0.4, -0.2) is 30.7 Å². The van der Waals surface area contributed by atoms with E-state index in [1.54, 1.807) is 7.11 Å². The molecule has 0 saturated carbocycles. The highest BCUT2D eigenvalue weighted by Gasteiger charge is 2.25. The van der Waals surface area contributed by atoms with Crippen molar-refractivity contribution in [3.63, 3.8) is 0 Å². The van der Waals surface area contributed by atoms with Crippen LogP contribution in [0, 0.1) is 0 Å². The molecule has 0 aliphatic carbocycles. The number of piperidine rings is 1. The molecule has 2 heterocycles. The minimum atomic E-state index is 0.302. The fraction of sp³-hybridized carbons (Fsp3) is 0.400. The van der Waals surface area contributed by atoms with Gasteiger partial charge in [0.05, 0.1) is 11.7 Å². The Morgan fingerprint density at radius 2 is 2.15 bits per heavy atom. The van der Waals surface area contributed by atoms with E-state index in [9.17, 15) is 0 Å². The number of anilines is 2. The summed E-state index contributed by atoms with van der Waals surface area (Å²) in [6.45, 7) is 1.96. The molecule has 5 heteroatoms. The summed E-state index contributed by atoms with van der Waals surface area (Å²) in [4.78, 5) is 2.36. The highest BCUT2D eigenvalue weighted by molar-refractivity contribution is 7.11. The molecule has 0 amide bonds. The zero-order valence-corrected chi connectivity index (χ0v) is 12.4. The Bertz CT molecular complexity index is 570. The van der Waals surface area contributed by atoms with E-state index in [4.69, 9.17) is 10.5 Å². The van der Waals surface area contributed by atoms with E-state index in [2.05, 4.69) is 21.4 Å². The van der Waals surface area contributed by atoms with Gasteiger partial charge in [-0.15, -0.1) is 0 Å². The maximum Gasteiger partial charge on any atom is 0.147 e. The van der Waals surface area contributed by atoms with E-state index in [1.807, 2.05) is 18.2 Å². The zero-order chi connectivity index (χ0) is 13.9. The van der Waals surface area contributed by atoms with Crippen molar-refractivity contribution in [3.05, 3.63) is 30.3 Å². The highest BCUT2D eigenvalue weighted by atomic mass is 32.1. The second-order valence-electron chi connectivity index (χ2n) is 5.06. The molecular weight excluding hydrogens is 270 g/mol. The van der Waals surface area contributed by atoms with Crippen molar-refractivity contribution in [1.29, 1.82) is 0 Å². The van der Waals surface area contributed by atoms with Crippen molar-refractivity contribution >= 4 is 22.4 Å². The number of benzene rings is 1. The van der Waals surface area contributed by atoms with E-state index >= 15 is 0 Å². The van der Waals surface area contributed by atoms with Crippen LogP contribution in [0.15, 0.2) is 30.3 Å². The van der Waals surface area contributed by atoms with Crippen molar-refractivity contribution in [2.45, 2.75) is 18.9 Å².